The van der Waals surface area contributed by atoms with Crippen LogP contribution in [0, 0.1) is 0 Å². The van der Waals surface area contributed by atoms with Gasteiger partial charge in [-0.1, -0.05) is 29.3 Å². The molecule has 1 aromatic rings. The van der Waals surface area contributed by atoms with Crippen LogP contribution in [0.2, 0.25) is 10.0 Å². The lowest BCUT2D eigenvalue weighted by molar-refractivity contribution is 0.0270. The van der Waals surface area contributed by atoms with Gasteiger partial charge < -0.3 is 15.0 Å². The maximum atomic E-state index is 12.1. The quantitative estimate of drug-likeness (QED) is 0.543. The molecule has 0 aromatic heterocycles. The largest absolute Gasteiger partial charge is 0.444 e. The Hall–Kier alpha value is -1.04. The van der Waals surface area contributed by atoms with Gasteiger partial charge in [0.15, 0.2) is 0 Å². The average Bonchev–Trinajstić information content (AvgIpc) is 2.45. The van der Waals surface area contributed by atoms with Crippen molar-refractivity contribution >= 4 is 53.2 Å². The summed E-state index contributed by atoms with van der Waals surface area (Å²) in [5, 5.41) is 4.24. The first-order chi connectivity index (χ1) is 11.2. The van der Waals surface area contributed by atoms with E-state index in [9.17, 15) is 4.79 Å². The number of anilines is 1. The molecule has 0 bridgehead atoms. The molecule has 1 amide bonds. The third kappa shape index (κ3) is 4.98. The molecular formula is C17H22Cl2N2O2S. The first-order valence-corrected chi connectivity index (χ1v) is 9.11. The van der Waals surface area contributed by atoms with Crippen molar-refractivity contribution in [3.05, 3.63) is 33.8 Å². The van der Waals surface area contributed by atoms with Gasteiger partial charge in [0.25, 0.3) is 0 Å². The van der Waals surface area contributed by atoms with E-state index < -0.39 is 5.60 Å². The van der Waals surface area contributed by atoms with Crippen molar-refractivity contribution in [3.8, 4) is 0 Å². The van der Waals surface area contributed by atoms with Crippen molar-refractivity contribution in [1.29, 1.82) is 0 Å². The summed E-state index contributed by atoms with van der Waals surface area (Å²) in [4.78, 5) is 13.8. The van der Waals surface area contributed by atoms with E-state index in [4.69, 9.17) is 27.9 Å². The van der Waals surface area contributed by atoms with Crippen molar-refractivity contribution in [3.63, 3.8) is 0 Å². The summed E-state index contributed by atoms with van der Waals surface area (Å²) in [6.45, 7) is 6.62. The molecule has 0 aliphatic carbocycles. The van der Waals surface area contributed by atoms with Crippen LogP contribution in [0.25, 0.3) is 5.57 Å². The fourth-order valence-electron chi connectivity index (χ4n) is 2.46. The van der Waals surface area contributed by atoms with Crippen LogP contribution < -0.4 is 5.32 Å². The highest BCUT2D eigenvalue weighted by Gasteiger charge is 2.25. The van der Waals surface area contributed by atoms with E-state index >= 15 is 0 Å². The van der Waals surface area contributed by atoms with Crippen LogP contribution in [-0.4, -0.2) is 35.6 Å². The average molecular weight is 389 g/mol. The number of halogens is 2. The van der Waals surface area contributed by atoms with Gasteiger partial charge in [-0.25, -0.2) is 4.79 Å². The SMILES string of the molecule is CC(C)(C)OC(=O)N1CC=C(c2c(Cl)cc(NCS)cc2Cl)CC1. The highest BCUT2D eigenvalue weighted by atomic mass is 35.5. The van der Waals surface area contributed by atoms with Crippen molar-refractivity contribution in [2.75, 3.05) is 24.3 Å². The van der Waals surface area contributed by atoms with Gasteiger partial charge in [-0.2, -0.15) is 12.6 Å². The molecule has 0 unspecified atom stereocenters. The number of amides is 1. The van der Waals surface area contributed by atoms with Gasteiger partial charge in [-0.15, -0.1) is 0 Å². The van der Waals surface area contributed by atoms with Crippen molar-refractivity contribution < 1.29 is 9.53 Å². The summed E-state index contributed by atoms with van der Waals surface area (Å²) < 4.78 is 5.40. The van der Waals surface area contributed by atoms with Gasteiger partial charge >= 0.3 is 6.09 Å². The zero-order valence-corrected chi connectivity index (χ0v) is 16.4. The van der Waals surface area contributed by atoms with Gasteiger partial charge in [0.1, 0.15) is 5.60 Å². The standard InChI is InChI=1S/C17H22Cl2N2O2S/c1-17(2,3)23-16(22)21-6-4-11(5-7-21)15-13(18)8-12(20-10-24)9-14(15)19/h4,8-9,20,24H,5-7,10H2,1-3H3. The molecule has 0 saturated carbocycles. The molecule has 1 N–H and O–H groups in total. The molecule has 7 heteroatoms. The van der Waals surface area contributed by atoms with Crippen LogP contribution in [0.1, 0.15) is 32.8 Å². The number of carbonyl (C=O) groups is 1. The Bertz CT molecular complexity index is 633. The highest BCUT2D eigenvalue weighted by molar-refractivity contribution is 7.80. The predicted octanol–water partition coefficient (Wildman–Crippen LogP) is 5.32. The zero-order chi connectivity index (χ0) is 17.9. The van der Waals surface area contributed by atoms with Crippen LogP contribution in [0.15, 0.2) is 18.2 Å². The summed E-state index contributed by atoms with van der Waals surface area (Å²) >= 11 is 16.9. The van der Waals surface area contributed by atoms with Crippen LogP contribution in [0.5, 0.6) is 0 Å². The van der Waals surface area contributed by atoms with Gasteiger partial charge in [0.05, 0.1) is 15.9 Å². The summed E-state index contributed by atoms with van der Waals surface area (Å²) in [5.74, 6) is 0.500. The van der Waals surface area contributed by atoms with Crippen molar-refractivity contribution in [2.24, 2.45) is 0 Å². The Morgan fingerprint density at radius 3 is 2.42 bits per heavy atom. The molecule has 0 fully saturated rings. The van der Waals surface area contributed by atoms with E-state index in [1.165, 1.54) is 0 Å². The fourth-order valence-corrected chi connectivity index (χ4v) is 3.37. The van der Waals surface area contributed by atoms with Crippen LogP contribution in [0.4, 0.5) is 10.5 Å². The summed E-state index contributed by atoms with van der Waals surface area (Å²) in [7, 11) is 0. The molecule has 1 aliphatic heterocycles. The molecule has 24 heavy (non-hydrogen) atoms. The summed E-state index contributed by atoms with van der Waals surface area (Å²) in [6.07, 6.45) is 2.35. The predicted molar refractivity (Wildman–Crippen MR) is 104 cm³/mol. The second-order valence-electron chi connectivity index (χ2n) is 6.56. The van der Waals surface area contributed by atoms with E-state index in [-0.39, 0.29) is 6.09 Å². The highest BCUT2D eigenvalue weighted by Crippen LogP contribution is 2.37. The van der Waals surface area contributed by atoms with E-state index in [1.807, 2.05) is 39.0 Å². The molecule has 1 aliphatic rings. The molecular weight excluding hydrogens is 367 g/mol. The van der Waals surface area contributed by atoms with Crippen LogP contribution in [0.3, 0.4) is 0 Å². The first-order valence-electron chi connectivity index (χ1n) is 7.72. The number of hydrogen-bond acceptors (Lipinski definition) is 4. The Labute approximate surface area is 158 Å². The lowest BCUT2D eigenvalue weighted by Crippen LogP contribution is -2.39. The normalized spacial score (nSPS) is 15.1. The molecule has 132 valence electrons. The van der Waals surface area contributed by atoms with E-state index in [2.05, 4.69) is 17.9 Å². The molecule has 4 nitrogen and oxygen atoms in total. The summed E-state index contributed by atoms with van der Waals surface area (Å²) in [6, 6.07) is 3.67. The van der Waals surface area contributed by atoms with E-state index in [0.29, 0.717) is 35.4 Å². The number of nitrogens with one attached hydrogen (secondary N) is 1. The maximum absolute atomic E-state index is 12.1. The number of carbonyl (C=O) groups excluding carboxylic acids is 1. The Morgan fingerprint density at radius 1 is 1.33 bits per heavy atom. The monoisotopic (exact) mass is 388 g/mol. The Kier molecular flexibility index (Phi) is 6.34. The second kappa shape index (κ2) is 7.89. The molecule has 0 spiro atoms. The Balaban J connectivity index is 2.14. The molecule has 0 radical (unpaired) electrons. The second-order valence-corrected chi connectivity index (χ2v) is 7.69. The number of rotatable bonds is 3. The fraction of sp³-hybridized carbons (Fsp3) is 0.471. The molecule has 1 heterocycles. The molecule has 0 saturated heterocycles. The molecule has 1 aromatic carbocycles. The first kappa shape index (κ1) is 19.3. The number of hydrogen-bond donors (Lipinski definition) is 2. The molecule has 2 rings (SSSR count). The van der Waals surface area contributed by atoms with E-state index in [1.54, 1.807) is 4.90 Å². The topological polar surface area (TPSA) is 41.6 Å². The smallest absolute Gasteiger partial charge is 0.410 e. The third-order valence-electron chi connectivity index (χ3n) is 3.51. The van der Waals surface area contributed by atoms with E-state index in [0.717, 1.165) is 16.8 Å². The number of nitrogens with zero attached hydrogens (tertiary/aromatic N) is 1. The van der Waals surface area contributed by atoms with Gasteiger partial charge in [0.2, 0.25) is 0 Å². The minimum absolute atomic E-state index is 0.302. The number of benzene rings is 1. The van der Waals surface area contributed by atoms with Crippen LogP contribution in [-0.2, 0) is 4.74 Å². The van der Waals surface area contributed by atoms with Crippen molar-refractivity contribution in [1.82, 2.24) is 4.90 Å². The lowest BCUT2D eigenvalue weighted by atomic mass is 9.99. The lowest BCUT2D eigenvalue weighted by Gasteiger charge is -2.30. The maximum Gasteiger partial charge on any atom is 0.410 e. The number of thiol groups is 1. The van der Waals surface area contributed by atoms with Crippen LogP contribution >= 0.6 is 35.8 Å². The summed E-state index contributed by atoms with van der Waals surface area (Å²) in [5.41, 5.74) is 2.20. The minimum atomic E-state index is -0.497. The Morgan fingerprint density at radius 2 is 1.96 bits per heavy atom. The third-order valence-corrected chi connectivity index (χ3v) is 4.26. The number of ether oxygens (including phenoxy) is 1. The molecule has 0 atom stereocenters. The van der Waals surface area contributed by atoms with Gasteiger partial charge in [0, 0.05) is 24.3 Å². The zero-order valence-electron chi connectivity index (χ0n) is 14.0. The van der Waals surface area contributed by atoms with Gasteiger partial charge in [-0.3, -0.25) is 0 Å². The van der Waals surface area contributed by atoms with Crippen molar-refractivity contribution in [2.45, 2.75) is 32.8 Å². The minimum Gasteiger partial charge on any atom is -0.444 e. The van der Waals surface area contributed by atoms with Gasteiger partial charge in [-0.05, 0) is 44.9 Å².